The molecule has 0 saturated carbocycles. The van der Waals surface area contributed by atoms with E-state index in [4.69, 9.17) is 9.47 Å². The Kier molecular flexibility index (Phi) is 4.09. The fourth-order valence-corrected chi connectivity index (χ4v) is 3.17. The van der Waals surface area contributed by atoms with E-state index in [0.717, 1.165) is 13.1 Å². The van der Waals surface area contributed by atoms with Gasteiger partial charge in [0, 0.05) is 30.7 Å². The third-order valence-corrected chi connectivity index (χ3v) is 4.28. The molecule has 1 saturated heterocycles. The summed E-state index contributed by atoms with van der Waals surface area (Å²) in [6.45, 7) is 2.81. The van der Waals surface area contributed by atoms with Crippen molar-refractivity contribution in [1.29, 1.82) is 0 Å². The van der Waals surface area contributed by atoms with E-state index in [2.05, 4.69) is 21.2 Å². The molecule has 0 spiro atoms. The number of nitrogens with one attached hydrogen (secondary N) is 1. The van der Waals surface area contributed by atoms with Crippen molar-refractivity contribution in [1.82, 2.24) is 10.2 Å². The molecule has 0 radical (unpaired) electrons. The van der Waals surface area contributed by atoms with Crippen LogP contribution in [0, 0.1) is 0 Å². The maximum absolute atomic E-state index is 13.5. The van der Waals surface area contributed by atoms with Crippen molar-refractivity contribution in [3.05, 3.63) is 22.2 Å². The summed E-state index contributed by atoms with van der Waals surface area (Å²) in [6, 6.07) is 2.43. The normalized spacial score (nSPS) is 20.4. The van der Waals surface area contributed by atoms with Crippen LogP contribution in [0.2, 0.25) is 0 Å². The van der Waals surface area contributed by atoms with Gasteiger partial charge in [0.25, 0.3) is 6.43 Å². The van der Waals surface area contributed by atoms with E-state index < -0.39 is 12.5 Å². The van der Waals surface area contributed by atoms with Gasteiger partial charge < -0.3 is 14.8 Å². The van der Waals surface area contributed by atoms with E-state index in [1.54, 1.807) is 12.1 Å². The summed E-state index contributed by atoms with van der Waals surface area (Å²) < 4.78 is 38.3. The van der Waals surface area contributed by atoms with Gasteiger partial charge in [0.05, 0.1) is 6.04 Å². The summed E-state index contributed by atoms with van der Waals surface area (Å²) in [6.07, 6.45) is -2.45. The zero-order valence-electron chi connectivity index (χ0n) is 10.7. The first-order valence-electron chi connectivity index (χ1n) is 6.49. The Morgan fingerprint density at radius 3 is 2.45 bits per heavy atom. The molecule has 1 aromatic carbocycles. The summed E-state index contributed by atoms with van der Waals surface area (Å²) >= 11 is 3.37. The van der Waals surface area contributed by atoms with Crippen LogP contribution in [0.15, 0.2) is 16.6 Å². The Balaban J connectivity index is 1.94. The number of ether oxygens (including phenoxy) is 2. The van der Waals surface area contributed by atoms with Gasteiger partial charge in [-0.1, -0.05) is 15.9 Å². The molecule has 0 aromatic heterocycles. The summed E-state index contributed by atoms with van der Waals surface area (Å²) in [4.78, 5) is 1.81. The van der Waals surface area contributed by atoms with Gasteiger partial charge in [-0.3, -0.25) is 4.90 Å². The first-order valence-corrected chi connectivity index (χ1v) is 7.28. The Morgan fingerprint density at radius 1 is 1.15 bits per heavy atom. The quantitative estimate of drug-likeness (QED) is 0.909. The molecule has 20 heavy (non-hydrogen) atoms. The van der Waals surface area contributed by atoms with Gasteiger partial charge in [0.15, 0.2) is 11.5 Å². The third-order valence-electron chi connectivity index (χ3n) is 3.59. The van der Waals surface area contributed by atoms with Crippen molar-refractivity contribution in [2.45, 2.75) is 12.5 Å². The fraction of sp³-hybridized carbons (Fsp3) is 0.538. The molecule has 1 aromatic rings. The molecule has 1 fully saturated rings. The molecular weight excluding hydrogens is 334 g/mol. The zero-order chi connectivity index (χ0) is 14.1. The minimum Gasteiger partial charge on any atom is -0.454 e. The predicted molar refractivity (Wildman–Crippen MR) is 73.5 cm³/mol. The second-order valence-electron chi connectivity index (χ2n) is 4.79. The Hall–Kier alpha value is -0.920. The van der Waals surface area contributed by atoms with Crippen LogP contribution in [0.3, 0.4) is 0 Å². The van der Waals surface area contributed by atoms with E-state index >= 15 is 0 Å². The highest BCUT2D eigenvalue weighted by Crippen LogP contribution is 2.42. The monoisotopic (exact) mass is 348 g/mol. The Morgan fingerprint density at radius 2 is 1.80 bits per heavy atom. The first kappa shape index (κ1) is 14.0. The lowest BCUT2D eigenvalue weighted by molar-refractivity contribution is 0.0177. The standard InChI is InChI=1S/C13H15BrF2N2O2/c14-9-6-11-10(19-7-20-11)5-8(9)12(13(15)16)18-3-1-17-2-4-18/h5-6,12-13,17H,1-4,7H2/t12-/m0/s1. The minimum absolute atomic E-state index is 0.137. The van der Waals surface area contributed by atoms with Gasteiger partial charge in [-0.15, -0.1) is 0 Å². The third kappa shape index (κ3) is 2.62. The molecular formula is C13H15BrF2N2O2. The number of rotatable bonds is 3. The summed E-state index contributed by atoms with van der Waals surface area (Å²) in [5, 5.41) is 3.17. The number of nitrogens with zero attached hydrogens (tertiary/aromatic N) is 1. The van der Waals surface area contributed by atoms with E-state index in [-0.39, 0.29) is 6.79 Å². The van der Waals surface area contributed by atoms with Gasteiger partial charge in [-0.25, -0.2) is 8.78 Å². The maximum Gasteiger partial charge on any atom is 0.258 e. The molecule has 0 unspecified atom stereocenters. The minimum atomic E-state index is -2.45. The summed E-state index contributed by atoms with van der Waals surface area (Å²) in [5.74, 6) is 1.12. The van der Waals surface area contributed by atoms with Crippen molar-refractivity contribution in [3.63, 3.8) is 0 Å². The number of piperazine rings is 1. The van der Waals surface area contributed by atoms with E-state index in [0.29, 0.717) is 34.6 Å². The summed E-state index contributed by atoms with van der Waals surface area (Å²) in [7, 11) is 0. The van der Waals surface area contributed by atoms with Gasteiger partial charge in [-0.2, -0.15) is 0 Å². The van der Waals surface area contributed by atoms with E-state index in [9.17, 15) is 8.78 Å². The molecule has 0 amide bonds. The number of alkyl halides is 2. The molecule has 110 valence electrons. The van der Waals surface area contributed by atoms with Crippen molar-refractivity contribution >= 4 is 15.9 Å². The molecule has 2 aliphatic heterocycles. The van der Waals surface area contributed by atoms with Gasteiger partial charge in [-0.05, 0) is 17.7 Å². The molecule has 2 heterocycles. The molecule has 4 nitrogen and oxygen atoms in total. The van der Waals surface area contributed by atoms with Gasteiger partial charge in [0.2, 0.25) is 6.79 Å². The molecule has 3 rings (SSSR count). The highest BCUT2D eigenvalue weighted by molar-refractivity contribution is 9.10. The number of fused-ring (bicyclic) bond motifs is 1. The van der Waals surface area contributed by atoms with Crippen LogP contribution >= 0.6 is 15.9 Å². The summed E-state index contributed by atoms with van der Waals surface area (Å²) in [5.41, 5.74) is 0.547. The topological polar surface area (TPSA) is 33.7 Å². The lowest BCUT2D eigenvalue weighted by Crippen LogP contribution is -2.47. The second-order valence-corrected chi connectivity index (χ2v) is 5.65. The Labute approximate surface area is 124 Å². The average molecular weight is 349 g/mol. The average Bonchev–Trinajstić information content (AvgIpc) is 2.87. The molecule has 0 aliphatic carbocycles. The molecule has 1 N–H and O–H groups in total. The van der Waals surface area contributed by atoms with Crippen LogP contribution in [-0.2, 0) is 0 Å². The van der Waals surface area contributed by atoms with Crippen LogP contribution in [0.4, 0.5) is 8.78 Å². The molecule has 1 atom stereocenters. The second kappa shape index (κ2) is 5.83. The van der Waals surface area contributed by atoms with Crippen LogP contribution < -0.4 is 14.8 Å². The lowest BCUT2D eigenvalue weighted by Gasteiger charge is -2.35. The smallest absolute Gasteiger partial charge is 0.258 e. The van der Waals surface area contributed by atoms with Crippen LogP contribution in [-0.4, -0.2) is 44.3 Å². The number of hydrogen-bond donors (Lipinski definition) is 1. The van der Waals surface area contributed by atoms with Crippen molar-refractivity contribution < 1.29 is 18.3 Å². The van der Waals surface area contributed by atoms with Gasteiger partial charge in [0.1, 0.15) is 0 Å². The maximum atomic E-state index is 13.5. The van der Waals surface area contributed by atoms with Crippen molar-refractivity contribution in [2.75, 3.05) is 33.0 Å². The lowest BCUT2D eigenvalue weighted by atomic mass is 10.0. The fourth-order valence-electron chi connectivity index (χ4n) is 2.61. The molecule has 0 bridgehead atoms. The number of hydrogen-bond acceptors (Lipinski definition) is 4. The highest BCUT2D eigenvalue weighted by atomic mass is 79.9. The van der Waals surface area contributed by atoms with E-state index in [1.165, 1.54) is 0 Å². The zero-order valence-corrected chi connectivity index (χ0v) is 12.3. The Bertz CT molecular complexity index is 496. The van der Waals surface area contributed by atoms with Crippen LogP contribution in [0.1, 0.15) is 11.6 Å². The predicted octanol–water partition coefficient (Wildman–Crippen LogP) is 2.39. The molecule has 2 aliphatic rings. The molecule has 7 heteroatoms. The van der Waals surface area contributed by atoms with Crippen LogP contribution in [0.5, 0.6) is 11.5 Å². The largest absolute Gasteiger partial charge is 0.454 e. The first-order chi connectivity index (χ1) is 9.66. The SMILES string of the molecule is FC(F)[C@H](c1cc2c(cc1Br)OCO2)N1CCNCC1. The van der Waals surface area contributed by atoms with Crippen molar-refractivity contribution in [2.24, 2.45) is 0 Å². The highest BCUT2D eigenvalue weighted by Gasteiger charge is 2.33. The van der Waals surface area contributed by atoms with Gasteiger partial charge >= 0.3 is 0 Å². The number of halogens is 3. The van der Waals surface area contributed by atoms with Crippen LogP contribution in [0.25, 0.3) is 0 Å². The number of benzene rings is 1. The van der Waals surface area contributed by atoms with E-state index in [1.807, 2.05) is 4.90 Å². The van der Waals surface area contributed by atoms with Crippen molar-refractivity contribution in [3.8, 4) is 11.5 Å².